The van der Waals surface area contributed by atoms with E-state index in [-0.39, 0.29) is 0 Å². The van der Waals surface area contributed by atoms with Crippen LogP contribution in [0, 0.1) is 0 Å². The van der Waals surface area contributed by atoms with Crippen molar-refractivity contribution in [2.75, 3.05) is 6.54 Å². The molecule has 0 aliphatic carbocycles. The van der Waals surface area contributed by atoms with Crippen molar-refractivity contribution >= 4 is 11.6 Å². The Morgan fingerprint density at radius 2 is 2.05 bits per heavy atom. The molecule has 1 aromatic heterocycles. The minimum absolute atomic E-state index is 0.851. The van der Waals surface area contributed by atoms with Gasteiger partial charge in [-0.1, -0.05) is 29.8 Å². The zero-order chi connectivity index (χ0) is 14.9. The molecule has 110 valence electrons. The summed E-state index contributed by atoms with van der Waals surface area (Å²) < 4.78 is 1.87. The van der Waals surface area contributed by atoms with Crippen molar-refractivity contribution in [2.45, 2.75) is 13.0 Å². The maximum Gasteiger partial charge on any atom is 0.0651 e. The first-order valence-electron chi connectivity index (χ1n) is 7.44. The van der Waals surface area contributed by atoms with Gasteiger partial charge in [-0.2, -0.15) is 5.10 Å². The maximum absolute atomic E-state index is 6.48. The molecule has 3 aromatic rings. The number of benzene rings is 2. The minimum Gasteiger partial charge on any atom is -0.312 e. The summed E-state index contributed by atoms with van der Waals surface area (Å²) in [6, 6.07) is 14.6. The Hall–Kier alpha value is -2.10. The van der Waals surface area contributed by atoms with Crippen LogP contribution >= 0.6 is 11.6 Å². The third-order valence-corrected chi connectivity index (χ3v) is 4.45. The number of fused-ring (bicyclic) bond motifs is 1. The predicted molar refractivity (Wildman–Crippen MR) is 89.4 cm³/mol. The van der Waals surface area contributed by atoms with Crippen molar-refractivity contribution in [3.63, 3.8) is 0 Å². The van der Waals surface area contributed by atoms with Crippen molar-refractivity contribution in [1.29, 1.82) is 0 Å². The van der Waals surface area contributed by atoms with Gasteiger partial charge in [0.25, 0.3) is 0 Å². The Balaban J connectivity index is 1.79. The smallest absolute Gasteiger partial charge is 0.0651 e. The van der Waals surface area contributed by atoms with Gasteiger partial charge in [0.15, 0.2) is 0 Å². The van der Waals surface area contributed by atoms with Crippen LogP contribution in [0.25, 0.3) is 16.8 Å². The van der Waals surface area contributed by atoms with Gasteiger partial charge in [0, 0.05) is 24.0 Å². The molecule has 0 unspecified atom stereocenters. The van der Waals surface area contributed by atoms with E-state index in [2.05, 4.69) is 46.8 Å². The Bertz CT molecular complexity index is 809. The fourth-order valence-electron chi connectivity index (χ4n) is 2.97. The van der Waals surface area contributed by atoms with Gasteiger partial charge in [0.1, 0.15) is 0 Å². The molecule has 0 amide bonds. The van der Waals surface area contributed by atoms with Gasteiger partial charge in [-0.15, -0.1) is 0 Å². The van der Waals surface area contributed by atoms with Crippen LogP contribution < -0.4 is 5.32 Å². The third-order valence-electron chi connectivity index (χ3n) is 4.11. The van der Waals surface area contributed by atoms with Gasteiger partial charge in [-0.3, -0.25) is 0 Å². The molecule has 22 heavy (non-hydrogen) atoms. The highest BCUT2D eigenvalue weighted by Gasteiger charge is 2.14. The number of rotatable bonds is 2. The molecule has 1 aliphatic heterocycles. The second kappa shape index (κ2) is 5.59. The zero-order valence-corrected chi connectivity index (χ0v) is 12.8. The highest BCUT2D eigenvalue weighted by Crippen LogP contribution is 2.31. The molecule has 2 aromatic carbocycles. The van der Waals surface area contributed by atoms with Gasteiger partial charge < -0.3 is 5.32 Å². The lowest BCUT2D eigenvalue weighted by Gasteiger charge is -2.20. The second-order valence-corrected chi connectivity index (χ2v) is 5.93. The maximum atomic E-state index is 6.48. The summed E-state index contributed by atoms with van der Waals surface area (Å²) in [4.78, 5) is 0. The van der Waals surface area contributed by atoms with Crippen LogP contribution in [0.5, 0.6) is 0 Å². The summed E-state index contributed by atoms with van der Waals surface area (Å²) in [5.74, 6) is 0. The normalized spacial score (nSPS) is 13.9. The molecule has 0 saturated carbocycles. The molecule has 3 nitrogen and oxygen atoms in total. The van der Waals surface area contributed by atoms with E-state index in [0.717, 1.165) is 35.8 Å². The summed E-state index contributed by atoms with van der Waals surface area (Å²) in [6.45, 7) is 1.88. The first-order chi connectivity index (χ1) is 10.8. The van der Waals surface area contributed by atoms with E-state index in [1.165, 1.54) is 16.7 Å². The molecule has 0 radical (unpaired) electrons. The number of hydrogen-bond acceptors (Lipinski definition) is 2. The Kier molecular flexibility index (Phi) is 3.45. The molecular formula is C18H16ClN3. The van der Waals surface area contributed by atoms with E-state index in [4.69, 9.17) is 11.6 Å². The van der Waals surface area contributed by atoms with Crippen molar-refractivity contribution < 1.29 is 0 Å². The van der Waals surface area contributed by atoms with Crippen LogP contribution in [0.1, 0.15) is 11.1 Å². The summed E-state index contributed by atoms with van der Waals surface area (Å²) in [5, 5.41) is 8.52. The quantitative estimate of drug-likeness (QED) is 0.779. The summed E-state index contributed by atoms with van der Waals surface area (Å²) in [7, 11) is 0. The van der Waals surface area contributed by atoms with Gasteiger partial charge in [-0.05, 0) is 59.5 Å². The number of nitrogens with zero attached hydrogens (tertiary/aromatic N) is 2. The first-order valence-corrected chi connectivity index (χ1v) is 7.81. The van der Waals surface area contributed by atoms with Crippen molar-refractivity contribution in [3.8, 4) is 16.8 Å². The van der Waals surface area contributed by atoms with Crippen LogP contribution in [0.4, 0.5) is 0 Å². The van der Waals surface area contributed by atoms with Gasteiger partial charge in [-0.25, -0.2) is 4.68 Å². The molecule has 2 heterocycles. The molecule has 0 atom stereocenters. The van der Waals surface area contributed by atoms with Gasteiger partial charge >= 0.3 is 0 Å². The number of aromatic nitrogens is 2. The SMILES string of the molecule is Clc1cc(-c2cccc(-n3cccn3)c2)cc2c1CNCC2. The fraction of sp³-hybridized carbons (Fsp3) is 0.167. The lowest BCUT2D eigenvalue weighted by Crippen LogP contribution is -2.23. The highest BCUT2D eigenvalue weighted by atomic mass is 35.5. The Labute approximate surface area is 134 Å². The third kappa shape index (κ3) is 2.43. The number of nitrogens with one attached hydrogen (secondary N) is 1. The molecule has 4 heteroatoms. The average molecular weight is 310 g/mol. The molecule has 0 saturated heterocycles. The van der Waals surface area contributed by atoms with Crippen molar-refractivity contribution in [1.82, 2.24) is 15.1 Å². The first kappa shape index (κ1) is 13.6. The van der Waals surface area contributed by atoms with Gasteiger partial charge in [0.05, 0.1) is 5.69 Å². The van der Waals surface area contributed by atoms with E-state index in [9.17, 15) is 0 Å². The Morgan fingerprint density at radius 1 is 1.09 bits per heavy atom. The second-order valence-electron chi connectivity index (χ2n) is 5.52. The van der Waals surface area contributed by atoms with E-state index in [0.29, 0.717) is 0 Å². The van der Waals surface area contributed by atoms with Crippen LogP contribution in [0.3, 0.4) is 0 Å². The van der Waals surface area contributed by atoms with Crippen LogP contribution in [0.2, 0.25) is 5.02 Å². The van der Waals surface area contributed by atoms with Crippen molar-refractivity contribution in [3.05, 3.63) is 71.0 Å². The number of hydrogen-bond donors (Lipinski definition) is 1. The van der Waals surface area contributed by atoms with E-state index >= 15 is 0 Å². The lowest BCUT2D eigenvalue weighted by atomic mass is 9.95. The van der Waals surface area contributed by atoms with Crippen LogP contribution in [-0.4, -0.2) is 16.3 Å². The summed E-state index contributed by atoms with van der Waals surface area (Å²) in [6.07, 6.45) is 4.77. The van der Waals surface area contributed by atoms with E-state index < -0.39 is 0 Å². The fourth-order valence-corrected chi connectivity index (χ4v) is 3.27. The zero-order valence-electron chi connectivity index (χ0n) is 12.1. The summed E-state index contributed by atoms with van der Waals surface area (Å²) in [5.41, 5.74) is 5.97. The monoisotopic (exact) mass is 309 g/mol. The lowest BCUT2D eigenvalue weighted by molar-refractivity contribution is 0.644. The molecule has 0 spiro atoms. The van der Waals surface area contributed by atoms with E-state index in [1.807, 2.05) is 16.9 Å². The average Bonchev–Trinajstić information content (AvgIpc) is 3.09. The summed E-state index contributed by atoms with van der Waals surface area (Å²) >= 11 is 6.48. The highest BCUT2D eigenvalue weighted by molar-refractivity contribution is 6.31. The van der Waals surface area contributed by atoms with Crippen LogP contribution in [-0.2, 0) is 13.0 Å². The van der Waals surface area contributed by atoms with Crippen LogP contribution in [0.15, 0.2) is 54.9 Å². The largest absolute Gasteiger partial charge is 0.312 e. The molecule has 4 rings (SSSR count). The molecule has 0 fully saturated rings. The molecular weight excluding hydrogens is 294 g/mol. The van der Waals surface area contributed by atoms with Crippen molar-refractivity contribution in [2.24, 2.45) is 0 Å². The van der Waals surface area contributed by atoms with Gasteiger partial charge in [0.2, 0.25) is 0 Å². The minimum atomic E-state index is 0.851. The topological polar surface area (TPSA) is 29.9 Å². The molecule has 1 aliphatic rings. The predicted octanol–water partition coefficient (Wildman–Crippen LogP) is 3.84. The number of halogens is 1. The van der Waals surface area contributed by atoms with E-state index in [1.54, 1.807) is 6.20 Å². The Morgan fingerprint density at radius 3 is 2.91 bits per heavy atom. The molecule has 1 N–H and O–H groups in total. The molecule has 0 bridgehead atoms. The standard InChI is InChI=1S/C18H16ClN3/c19-18-11-15(9-14-5-7-20-12-17(14)18)13-3-1-4-16(10-13)22-8-2-6-21-22/h1-4,6,8-11,20H,5,7,12H2.